The largest absolute Gasteiger partial charge is 0.507 e. The van der Waals surface area contributed by atoms with Crippen LogP contribution in [0.4, 0.5) is 17.1 Å². The van der Waals surface area contributed by atoms with Crippen LogP contribution in [0.5, 0.6) is 11.5 Å². The number of anilines is 2. The molecule has 4 aromatic rings. The number of phenolic OH excluding ortho intramolecular Hbond substituents is 1. The highest BCUT2D eigenvalue weighted by Crippen LogP contribution is 2.23. The molecule has 0 radical (unpaired) electrons. The molecule has 0 heterocycles. The second-order valence-corrected chi connectivity index (χ2v) is 8.68. The summed E-state index contributed by atoms with van der Waals surface area (Å²) in [5.74, 6) is -1.95. The molecule has 0 aromatic heterocycles. The lowest BCUT2D eigenvalue weighted by atomic mass is 10.1. The number of hydrogen-bond acceptors (Lipinski definition) is 7. The number of rotatable bonds is 4. The maximum absolute atomic E-state index is 12.0. The number of nitrogens with two attached hydrogens (primary N) is 1. The van der Waals surface area contributed by atoms with Crippen molar-refractivity contribution in [3.63, 3.8) is 0 Å². The predicted molar refractivity (Wildman–Crippen MR) is 150 cm³/mol. The summed E-state index contributed by atoms with van der Waals surface area (Å²) in [6, 6.07) is 21.5. The Morgan fingerprint density at radius 2 is 1.41 bits per heavy atom. The molecule has 4 aromatic carbocycles. The average molecular weight is 572 g/mol. The molecule has 0 bridgehead atoms. The first-order valence-corrected chi connectivity index (χ1v) is 11.7. The summed E-state index contributed by atoms with van der Waals surface area (Å²) in [6.45, 7) is 1.94. The lowest BCUT2D eigenvalue weighted by Crippen LogP contribution is -2.12. The molecule has 39 heavy (non-hydrogen) atoms. The van der Waals surface area contributed by atoms with E-state index in [1.54, 1.807) is 18.2 Å². The molecule has 202 valence electrons. The molecule has 0 aliphatic carbocycles. The number of carboxylic acids is 1. The van der Waals surface area contributed by atoms with Gasteiger partial charge in [0.1, 0.15) is 17.1 Å². The summed E-state index contributed by atoms with van der Waals surface area (Å²) < 4.78 is 0. The van der Waals surface area contributed by atoms with Crippen molar-refractivity contribution in [3.8, 4) is 11.5 Å². The van der Waals surface area contributed by atoms with E-state index in [4.69, 9.17) is 39.1 Å². The van der Waals surface area contributed by atoms with Crippen molar-refractivity contribution in [2.45, 2.75) is 6.92 Å². The molecule has 0 spiro atoms. The van der Waals surface area contributed by atoms with E-state index in [-0.39, 0.29) is 34.2 Å². The van der Waals surface area contributed by atoms with Gasteiger partial charge in [0.2, 0.25) is 0 Å². The van der Waals surface area contributed by atoms with E-state index >= 15 is 0 Å². The summed E-state index contributed by atoms with van der Waals surface area (Å²) >= 11 is 11.3. The average Bonchev–Trinajstić information content (AvgIpc) is 2.87. The Morgan fingerprint density at radius 1 is 0.846 bits per heavy atom. The van der Waals surface area contributed by atoms with Crippen LogP contribution < -0.4 is 11.1 Å². The number of hydrogen-bond donors (Lipinski definition) is 5. The number of nitrogens with one attached hydrogen (secondary N) is 1. The Hall–Kier alpha value is -4.80. The topological polar surface area (TPSA) is 176 Å². The first-order chi connectivity index (χ1) is 18.4. The number of phenols is 2. The summed E-state index contributed by atoms with van der Waals surface area (Å²) in [7, 11) is 0. The van der Waals surface area contributed by atoms with Crippen molar-refractivity contribution in [2.24, 2.45) is 0 Å². The van der Waals surface area contributed by atoms with Crippen LogP contribution in [-0.2, 0) is 0 Å². The van der Waals surface area contributed by atoms with E-state index in [2.05, 4.69) is 5.32 Å². The fourth-order valence-corrected chi connectivity index (χ4v) is 3.27. The molecule has 0 atom stereocenters. The summed E-state index contributed by atoms with van der Waals surface area (Å²) in [6.07, 6.45) is 0. The van der Waals surface area contributed by atoms with Crippen molar-refractivity contribution in [2.75, 3.05) is 11.1 Å². The number of aromatic hydroxyl groups is 2. The Bertz CT molecular complexity index is 1500. The van der Waals surface area contributed by atoms with Crippen molar-refractivity contribution < 1.29 is 29.8 Å². The van der Waals surface area contributed by atoms with Crippen molar-refractivity contribution in [1.29, 1.82) is 0 Å². The number of carbonyl (C=O) groups is 2. The molecule has 12 heteroatoms. The van der Waals surface area contributed by atoms with Crippen molar-refractivity contribution in [1.82, 2.24) is 0 Å². The van der Waals surface area contributed by atoms with Gasteiger partial charge in [-0.3, -0.25) is 14.9 Å². The number of halogens is 2. The second-order valence-electron chi connectivity index (χ2n) is 7.80. The molecule has 0 fully saturated rings. The number of nitrogens with zero attached hydrogens (tertiary/aromatic N) is 1. The molecule has 6 N–H and O–H groups in total. The molecule has 0 aliphatic rings. The summed E-state index contributed by atoms with van der Waals surface area (Å²) in [5.41, 5.74) is 7.43. The first-order valence-electron chi connectivity index (χ1n) is 11.0. The third-order valence-electron chi connectivity index (χ3n) is 4.75. The van der Waals surface area contributed by atoms with E-state index in [9.17, 15) is 24.8 Å². The zero-order valence-electron chi connectivity index (χ0n) is 20.3. The third-order valence-corrected chi connectivity index (χ3v) is 5.22. The van der Waals surface area contributed by atoms with Crippen LogP contribution in [0.3, 0.4) is 0 Å². The zero-order chi connectivity index (χ0) is 29.1. The number of benzene rings is 4. The van der Waals surface area contributed by atoms with Crippen LogP contribution in [-0.4, -0.2) is 32.1 Å². The minimum Gasteiger partial charge on any atom is -0.507 e. The summed E-state index contributed by atoms with van der Waals surface area (Å²) in [4.78, 5) is 32.0. The Balaban J connectivity index is 0.000000219. The van der Waals surface area contributed by atoms with Crippen molar-refractivity contribution >= 4 is 52.1 Å². The maximum atomic E-state index is 12.0. The molecule has 0 saturated carbocycles. The van der Waals surface area contributed by atoms with E-state index in [1.807, 2.05) is 25.1 Å². The fraction of sp³-hybridized carbons (Fsp3) is 0.0370. The monoisotopic (exact) mass is 571 g/mol. The zero-order valence-corrected chi connectivity index (χ0v) is 21.8. The number of aryl methyl sites for hydroxylation is 1. The van der Waals surface area contributed by atoms with Crippen LogP contribution in [0, 0.1) is 17.0 Å². The summed E-state index contributed by atoms with van der Waals surface area (Å²) in [5, 5.41) is 40.6. The van der Waals surface area contributed by atoms with Gasteiger partial charge in [-0.25, -0.2) is 4.79 Å². The fourth-order valence-electron chi connectivity index (χ4n) is 2.93. The standard InChI is InChI=1S/C14H12ClNO2.C7H5ClO3.C6H6N2O2/c1-9-3-2-4-11(7-9)16-14(18)12-8-10(15)5-6-13(12)17;8-4-1-2-6(9)5(3-4)7(10)11;7-5-2-1-3-6(4-5)8(9)10/h2-8,17H,1H3,(H,16,18);1-3,9H,(H,10,11);1-4H,7H2. The molecule has 0 unspecified atom stereocenters. The van der Waals surface area contributed by atoms with Gasteiger partial charge in [0.25, 0.3) is 11.6 Å². The smallest absolute Gasteiger partial charge is 0.339 e. The molecule has 10 nitrogen and oxygen atoms in total. The highest BCUT2D eigenvalue weighted by atomic mass is 35.5. The molecular formula is C27H23Cl2N3O7. The van der Waals surface area contributed by atoms with Crippen LogP contribution >= 0.6 is 23.2 Å². The number of nitro benzene ring substituents is 1. The number of nitrogen functional groups attached to an aromatic ring is 1. The van der Waals surface area contributed by atoms with Gasteiger partial charge in [0, 0.05) is 33.6 Å². The minimum absolute atomic E-state index is 0.0278. The molecule has 4 rings (SSSR count). The molecule has 0 saturated heterocycles. The van der Waals surface area contributed by atoms with Crippen LogP contribution in [0.1, 0.15) is 26.3 Å². The minimum atomic E-state index is -1.19. The molecule has 0 aliphatic heterocycles. The van der Waals surface area contributed by atoms with Gasteiger partial charge in [0.05, 0.1) is 10.5 Å². The second kappa shape index (κ2) is 14.2. The number of aromatic carboxylic acids is 1. The Morgan fingerprint density at radius 3 is 1.90 bits per heavy atom. The van der Waals surface area contributed by atoms with Gasteiger partial charge in [-0.15, -0.1) is 0 Å². The van der Waals surface area contributed by atoms with E-state index in [0.717, 1.165) is 5.56 Å². The third kappa shape index (κ3) is 9.88. The first kappa shape index (κ1) is 30.4. The van der Waals surface area contributed by atoms with E-state index < -0.39 is 10.9 Å². The quantitative estimate of drug-likeness (QED) is 0.104. The van der Waals surface area contributed by atoms with Gasteiger partial charge in [-0.05, 0) is 67.1 Å². The number of nitro groups is 1. The van der Waals surface area contributed by atoms with Crippen LogP contribution in [0.2, 0.25) is 10.0 Å². The van der Waals surface area contributed by atoms with Gasteiger partial charge in [-0.2, -0.15) is 0 Å². The molecule has 1 amide bonds. The number of non-ortho nitro benzene ring substituents is 1. The number of carboxylic acid groups (broad SMARTS) is 1. The van der Waals surface area contributed by atoms with E-state index in [0.29, 0.717) is 21.4 Å². The normalized spacial score (nSPS) is 9.72. The lowest BCUT2D eigenvalue weighted by molar-refractivity contribution is -0.384. The Kier molecular flexibility index (Phi) is 11.1. The van der Waals surface area contributed by atoms with Gasteiger partial charge in [-0.1, -0.05) is 41.4 Å². The van der Waals surface area contributed by atoms with E-state index in [1.165, 1.54) is 48.5 Å². The highest BCUT2D eigenvalue weighted by Gasteiger charge is 2.12. The lowest BCUT2D eigenvalue weighted by Gasteiger charge is -2.07. The Labute approximate surface area is 233 Å². The van der Waals surface area contributed by atoms with Crippen molar-refractivity contribution in [3.05, 3.63) is 122 Å². The van der Waals surface area contributed by atoms with Gasteiger partial charge < -0.3 is 26.4 Å². The molecular weight excluding hydrogens is 549 g/mol. The predicted octanol–water partition coefficient (Wildman–Crippen LogP) is 6.53. The highest BCUT2D eigenvalue weighted by molar-refractivity contribution is 6.31. The van der Waals surface area contributed by atoms with Crippen LogP contribution in [0.25, 0.3) is 0 Å². The maximum Gasteiger partial charge on any atom is 0.339 e. The number of amides is 1. The van der Waals surface area contributed by atoms with Gasteiger partial charge in [0.15, 0.2) is 0 Å². The van der Waals surface area contributed by atoms with Crippen LogP contribution in [0.15, 0.2) is 84.9 Å². The SMILES string of the molecule is Cc1cccc(NC(=O)c2cc(Cl)ccc2O)c1.Nc1cccc([N+](=O)[O-])c1.O=C(O)c1cc(Cl)ccc1O. The number of carbonyl (C=O) groups excluding carboxylic acids is 1. The van der Waals surface area contributed by atoms with Gasteiger partial charge >= 0.3 is 5.97 Å².